The largest absolute Gasteiger partial charge is 0.480 e. The maximum Gasteiger partial charge on any atom is 0.416 e. The number of amides is 1. The predicted octanol–water partition coefficient (Wildman–Crippen LogP) is 3.27. The molecule has 2 N–H and O–H groups in total. The molecule has 0 fully saturated rings. The minimum Gasteiger partial charge on any atom is -0.480 e. The van der Waals surface area contributed by atoms with Crippen LogP contribution in [-0.4, -0.2) is 23.0 Å². The molecule has 0 spiro atoms. The normalized spacial score (nSPS) is 12.5. The molecule has 1 atom stereocenters. The molecule has 4 nitrogen and oxygen atoms in total. The lowest BCUT2D eigenvalue weighted by Crippen LogP contribution is -2.42. The third-order valence-electron chi connectivity index (χ3n) is 3.41. The van der Waals surface area contributed by atoms with Crippen LogP contribution >= 0.6 is 0 Å². The molecule has 0 bridgehead atoms. The maximum absolute atomic E-state index is 13.1. The summed E-state index contributed by atoms with van der Waals surface area (Å²) in [6.45, 7) is 0. The second-order valence-corrected chi connectivity index (χ2v) is 5.27. The van der Waals surface area contributed by atoms with Gasteiger partial charge in [-0.25, -0.2) is 9.18 Å². The first-order chi connectivity index (χ1) is 11.7. The van der Waals surface area contributed by atoms with Crippen molar-refractivity contribution in [2.24, 2.45) is 0 Å². The van der Waals surface area contributed by atoms with Gasteiger partial charge in [0.1, 0.15) is 11.9 Å². The van der Waals surface area contributed by atoms with Gasteiger partial charge in [0.15, 0.2) is 0 Å². The highest BCUT2D eigenvalue weighted by molar-refractivity contribution is 5.96. The Morgan fingerprint density at radius 2 is 1.72 bits per heavy atom. The topological polar surface area (TPSA) is 66.4 Å². The zero-order chi connectivity index (χ0) is 18.6. The Balaban J connectivity index is 2.11. The van der Waals surface area contributed by atoms with Gasteiger partial charge >= 0.3 is 12.1 Å². The lowest BCUT2D eigenvalue weighted by atomic mass is 10.0. The van der Waals surface area contributed by atoms with Gasteiger partial charge in [-0.05, 0) is 35.9 Å². The lowest BCUT2D eigenvalue weighted by molar-refractivity contribution is -0.139. The van der Waals surface area contributed by atoms with Gasteiger partial charge < -0.3 is 10.4 Å². The van der Waals surface area contributed by atoms with Gasteiger partial charge in [0.2, 0.25) is 0 Å². The Hall–Kier alpha value is -2.90. The molecule has 2 aromatic rings. The maximum atomic E-state index is 13.1. The average molecular weight is 355 g/mol. The summed E-state index contributed by atoms with van der Waals surface area (Å²) in [5, 5.41) is 11.4. The number of benzene rings is 2. The van der Waals surface area contributed by atoms with E-state index in [1.54, 1.807) is 0 Å². The zero-order valence-electron chi connectivity index (χ0n) is 12.7. The molecule has 132 valence electrons. The molecule has 0 radical (unpaired) electrons. The first kappa shape index (κ1) is 18.4. The number of carboxylic acid groups (broad SMARTS) is 1. The van der Waals surface area contributed by atoms with Gasteiger partial charge in [0.05, 0.1) is 5.56 Å². The van der Waals surface area contributed by atoms with E-state index in [4.69, 9.17) is 0 Å². The summed E-state index contributed by atoms with van der Waals surface area (Å²) in [7, 11) is 0. The molecule has 1 amide bonds. The van der Waals surface area contributed by atoms with Crippen molar-refractivity contribution in [2.45, 2.75) is 18.6 Å². The van der Waals surface area contributed by atoms with Crippen LogP contribution in [0.4, 0.5) is 17.6 Å². The average Bonchev–Trinajstić information content (AvgIpc) is 2.53. The Morgan fingerprint density at radius 3 is 2.24 bits per heavy atom. The van der Waals surface area contributed by atoms with Crippen LogP contribution in [0.3, 0.4) is 0 Å². The number of aliphatic carboxylic acids is 1. The van der Waals surface area contributed by atoms with E-state index in [1.165, 1.54) is 12.1 Å². The van der Waals surface area contributed by atoms with Gasteiger partial charge in [0.25, 0.3) is 5.91 Å². The molecule has 0 aliphatic rings. The van der Waals surface area contributed by atoms with Crippen molar-refractivity contribution in [1.82, 2.24) is 5.32 Å². The minimum atomic E-state index is -4.49. The van der Waals surface area contributed by atoms with E-state index in [1.807, 2.05) is 0 Å². The fraction of sp³-hybridized carbons (Fsp3) is 0.176. The van der Waals surface area contributed by atoms with E-state index in [0.29, 0.717) is 5.56 Å². The molecule has 0 heterocycles. The molecule has 0 unspecified atom stereocenters. The predicted molar refractivity (Wildman–Crippen MR) is 80.4 cm³/mol. The van der Waals surface area contributed by atoms with E-state index in [2.05, 4.69) is 5.32 Å². The van der Waals surface area contributed by atoms with Gasteiger partial charge in [0, 0.05) is 12.0 Å². The fourth-order valence-electron chi connectivity index (χ4n) is 2.14. The smallest absolute Gasteiger partial charge is 0.416 e. The summed E-state index contributed by atoms with van der Waals surface area (Å²) < 4.78 is 50.7. The summed E-state index contributed by atoms with van der Waals surface area (Å²) in [6, 6.07) is 7.30. The number of carbonyl (C=O) groups excluding carboxylic acids is 1. The van der Waals surface area contributed by atoms with Crippen molar-refractivity contribution < 1.29 is 32.3 Å². The van der Waals surface area contributed by atoms with Gasteiger partial charge in [-0.1, -0.05) is 18.2 Å². The number of carboxylic acids is 1. The Bertz CT molecular complexity index is 772. The van der Waals surface area contributed by atoms with E-state index in [0.717, 1.165) is 36.4 Å². The number of alkyl halides is 3. The van der Waals surface area contributed by atoms with Crippen LogP contribution in [0.5, 0.6) is 0 Å². The SMILES string of the molecule is O=C(N[C@@H](Cc1ccc(C(F)(F)F)cc1)C(=O)O)c1cccc(F)c1. The minimum absolute atomic E-state index is 0.0568. The van der Waals surface area contributed by atoms with Crippen LogP contribution in [0.2, 0.25) is 0 Å². The van der Waals surface area contributed by atoms with E-state index in [-0.39, 0.29) is 12.0 Å². The van der Waals surface area contributed by atoms with Crippen LogP contribution in [0.25, 0.3) is 0 Å². The first-order valence-corrected chi connectivity index (χ1v) is 7.12. The number of halogens is 4. The molecule has 0 aromatic heterocycles. The monoisotopic (exact) mass is 355 g/mol. The van der Waals surface area contributed by atoms with Crippen molar-refractivity contribution in [3.05, 3.63) is 71.0 Å². The highest BCUT2D eigenvalue weighted by atomic mass is 19.4. The van der Waals surface area contributed by atoms with E-state index < -0.39 is 35.5 Å². The van der Waals surface area contributed by atoms with Crippen molar-refractivity contribution in [2.75, 3.05) is 0 Å². The molecule has 0 aliphatic heterocycles. The summed E-state index contributed by atoms with van der Waals surface area (Å²) in [4.78, 5) is 23.3. The lowest BCUT2D eigenvalue weighted by Gasteiger charge is -2.15. The molecule has 8 heteroatoms. The molecule has 0 aliphatic carbocycles. The number of rotatable bonds is 5. The molecule has 2 rings (SSSR count). The second kappa shape index (κ2) is 7.33. The van der Waals surface area contributed by atoms with Crippen molar-refractivity contribution in [1.29, 1.82) is 0 Å². The molecule has 25 heavy (non-hydrogen) atoms. The van der Waals surface area contributed by atoms with Crippen LogP contribution < -0.4 is 5.32 Å². The quantitative estimate of drug-likeness (QED) is 0.809. The Labute approximate surface area is 140 Å². The molecule has 2 aromatic carbocycles. The number of carbonyl (C=O) groups is 2. The van der Waals surface area contributed by atoms with Gasteiger partial charge in [-0.3, -0.25) is 4.79 Å². The van der Waals surface area contributed by atoms with Crippen molar-refractivity contribution in [3.8, 4) is 0 Å². The van der Waals surface area contributed by atoms with Crippen LogP contribution in [0, 0.1) is 5.82 Å². The first-order valence-electron chi connectivity index (χ1n) is 7.12. The van der Waals surface area contributed by atoms with Crippen LogP contribution in [0.15, 0.2) is 48.5 Å². The molecular weight excluding hydrogens is 342 g/mol. The van der Waals surface area contributed by atoms with Gasteiger partial charge in [-0.15, -0.1) is 0 Å². The number of hydrogen-bond acceptors (Lipinski definition) is 2. The van der Waals surface area contributed by atoms with Crippen molar-refractivity contribution >= 4 is 11.9 Å². The summed E-state index contributed by atoms with van der Waals surface area (Å²) in [6.07, 6.45) is -4.70. The third kappa shape index (κ3) is 5.03. The summed E-state index contributed by atoms with van der Waals surface area (Å²) >= 11 is 0. The summed E-state index contributed by atoms with van der Waals surface area (Å²) in [5.74, 6) is -2.80. The molecule has 0 saturated carbocycles. The molecular formula is C17H13F4NO3. The van der Waals surface area contributed by atoms with Gasteiger partial charge in [-0.2, -0.15) is 13.2 Å². The standard InChI is InChI=1S/C17H13F4NO3/c18-13-3-1-2-11(9-13)15(23)22-14(16(24)25)8-10-4-6-12(7-5-10)17(19,20)21/h1-7,9,14H,8H2,(H,22,23)(H,24,25)/t14-/m0/s1. The Kier molecular flexibility index (Phi) is 5.41. The number of nitrogens with one attached hydrogen (secondary N) is 1. The zero-order valence-corrected chi connectivity index (χ0v) is 12.7. The third-order valence-corrected chi connectivity index (χ3v) is 3.41. The van der Waals surface area contributed by atoms with Crippen molar-refractivity contribution in [3.63, 3.8) is 0 Å². The Morgan fingerprint density at radius 1 is 1.08 bits per heavy atom. The summed E-state index contributed by atoms with van der Waals surface area (Å²) in [5.41, 5.74) is -0.606. The van der Waals surface area contributed by atoms with Crippen LogP contribution in [-0.2, 0) is 17.4 Å². The van der Waals surface area contributed by atoms with E-state index in [9.17, 15) is 32.3 Å². The molecule has 0 saturated heterocycles. The highest BCUT2D eigenvalue weighted by Crippen LogP contribution is 2.29. The van der Waals surface area contributed by atoms with E-state index >= 15 is 0 Å². The fourth-order valence-corrected chi connectivity index (χ4v) is 2.14. The van der Waals surface area contributed by atoms with Crippen LogP contribution in [0.1, 0.15) is 21.5 Å². The second-order valence-electron chi connectivity index (χ2n) is 5.27. The highest BCUT2D eigenvalue weighted by Gasteiger charge is 2.30. The number of hydrogen-bond donors (Lipinski definition) is 2.